The molecule has 0 aromatic heterocycles. The molecule has 1 unspecified atom stereocenters. The average Bonchev–Trinajstić information content (AvgIpc) is 2.54. The van der Waals surface area contributed by atoms with E-state index < -0.39 is 5.54 Å². The number of guanidine groups is 1. The van der Waals surface area contributed by atoms with Crippen LogP contribution in [0, 0.1) is 6.92 Å². The number of carbonyl (C=O) groups excluding carboxylic acids is 1. The molecule has 0 heterocycles. The number of nitrogens with two attached hydrogens (primary N) is 1. The van der Waals surface area contributed by atoms with Gasteiger partial charge in [0.05, 0.1) is 0 Å². The standard InChI is InChI=1S/C19H23N3O/c1-14-7-5-8-15(11-14)16-9-6-10-17(12-16)19(2,13-23)21-18(20)22(3)4/h5-13H,1-4H3,(H2,20,21). The number of carbonyl (C=O) groups is 1. The van der Waals surface area contributed by atoms with Crippen molar-refractivity contribution in [2.75, 3.05) is 14.1 Å². The largest absolute Gasteiger partial charge is 0.370 e. The average molecular weight is 309 g/mol. The summed E-state index contributed by atoms with van der Waals surface area (Å²) in [6, 6.07) is 16.1. The molecule has 0 spiro atoms. The van der Waals surface area contributed by atoms with Gasteiger partial charge in [0.15, 0.2) is 12.2 Å². The van der Waals surface area contributed by atoms with E-state index in [0.29, 0.717) is 5.96 Å². The Labute approximate surface area is 137 Å². The van der Waals surface area contributed by atoms with Crippen LogP contribution >= 0.6 is 0 Å². The summed E-state index contributed by atoms with van der Waals surface area (Å²) >= 11 is 0. The van der Waals surface area contributed by atoms with E-state index in [1.165, 1.54) is 5.56 Å². The first-order valence-corrected chi connectivity index (χ1v) is 7.52. The maximum atomic E-state index is 11.7. The lowest BCUT2D eigenvalue weighted by Gasteiger charge is -2.22. The number of nitrogens with zero attached hydrogens (tertiary/aromatic N) is 2. The molecule has 0 aliphatic rings. The van der Waals surface area contributed by atoms with Crippen molar-refractivity contribution in [2.45, 2.75) is 19.4 Å². The molecule has 0 bridgehead atoms. The Morgan fingerprint density at radius 2 is 1.74 bits per heavy atom. The van der Waals surface area contributed by atoms with Crippen LogP contribution in [0.15, 0.2) is 53.5 Å². The fourth-order valence-corrected chi connectivity index (χ4v) is 2.34. The highest BCUT2D eigenvalue weighted by molar-refractivity contribution is 5.82. The van der Waals surface area contributed by atoms with Gasteiger partial charge in [-0.05, 0) is 36.6 Å². The van der Waals surface area contributed by atoms with Gasteiger partial charge in [-0.2, -0.15) is 0 Å². The van der Waals surface area contributed by atoms with Crippen molar-refractivity contribution in [3.8, 4) is 11.1 Å². The molecule has 4 heteroatoms. The van der Waals surface area contributed by atoms with E-state index in [0.717, 1.165) is 23.0 Å². The van der Waals surface area contributed by atoms with E-state index in [4.69, 9.17) is 5.73 Å². The molecule has 2 rings (SSSR count). The van der Waals surface area contributed by atoms with Gasteiger partial charge in [0.25, 0.3) is 0 Å². The van der Waals surface area contributed by atoms with Crippen LogP contribution in [0.3, 0.4) is 0 Å². The van der Waals surface area contributed by atoms with Crippen LogP contribution < -0.4 is 5.73 Å². The van der Waals surface area contributed by atoms with Crippen molar-refractivity contribution in [2.24, 2.45) is 10.7 Å². The summed E-state index contributed by atoms with van der Waals surface area (Å²) in [5.74, 6) is 0.320. The topological polar surface area (TPSA) is 58.7 Å². The molecule has 0 saturated heterocycles. The van der Waals surface area contributed by atoms with Gasteiger partial charge in [0.2, 0.25) is 0 Å². The smallest absolute Gasteiger partial charge is 0.192 e. The van der Waals surface area contributed by atoms with Gasteiger partial charge in [0, 0.05) is 14.1 Å². The van der Waals surface area contributed by atoms with Gasteiger partial charge in [0.1, 0.15) is 5.54 Å². The minimum absolute atomic E-state index is 0.320. The number of rotatable bonds is 4. The summed E-state index contributed by atoms with van der Waals surface area (Å²) in [5.41, 5.74) is 9.08. The van der Waals surface area contributed by atoms with Gasteiger partial charge in [-0.1, -0.05) is 48.0 Å². The Morgan fingerprint density at radius 3 is 2.30 bits per heavy atom. The van der Waals surface area contributed by atoms with Crippen LogP contribution in [0.25, 0.3) is 11.1 Å². The van der Waals surface area contributed by atoms with Gasteiger partial charge >= 0.3 is 0 Å². The Morgan fingerprint density at radius 1 is 1.13 bits per heavy atom. The van der Waals surface area contributed by atoms with E-state index >= 15 is 0 Å². The molecule has 0 saturated carbocycles. The zero-order chi connectivity index (χ0) is 17.0. The molecule has 0 amide bonds. The van der Waals surface area contributed by atoms with E-state index in [-0.39, 0.29) is 0 Å². The minimum Gasteiger partial charge on any atom is -0.370 e. The van der Waals surface area contributed by atoms with E-state index in [1.54, 1.807) is 25.9 Å². The van der Waals surface area contributed by atoms with Crippen molar-refractivity contribution >= 4 is 12.2 Å². The lowest BCUT2D eigenvalue weighted by Crippen LogP contribution is -2.35. The highest BCUT2D eigenvalue weighted by atomic mass is 16.1. The first kappa shape index (κ1) is 16.7. The van der Waals surface area contributed by atoms with Crippen molar-refractivity contribution < 1.29 is 4.79 Å². The lowest BCUT2D eigenvalue weighted by molar-refractivity contribution is -0.111. The first-order chi connectivity index (χ1) is 10.9. The van der Waals surface area contributed by atoms with Gasteiger partial charge in [-0.3, -0.25) is 0 Å². The normalized spacial score (nSPS) is 14.2. The summed E-state index contributed by atoms with van der Waals surface area (Å²) in [5, 5.41) is 0. The van der Waals surface area contributed by atoms with Crippen molar-refractivity contribution in [3.63, 3.8) is 0 Å². The lowest BCUT2D eigenvalue weighted by atomic mass is 9.91. The fourth-order valence-electron chi connectivity index (χ4n) is 2.34. The second-order valence-electron chi connectivity index (χ2n) is 6.08. The highest BCUT2D eigenvalue weighted by Crippen LogP contribution is 2.28. The van der Waals surface area contributed by atoms with Gasteiger partial charge in [-0.15, -0.1) is 0 Å². The summed E-state index contributed by atoms with van der Waals surface area (Å²) in [6.07, 6.45) is 0.832. The molecule has 4 nitrogen and oxygen atoms in total. The first-order valence-electron chi connectivity index (χ1n) is 7.52. The molecular formula is C19H23N3O. The van der Waals surface area contributed by atoms with Gasteiger partial charge in [-0.25, -0.2) is 4.99 Å². The maximum Gasteiger partial charge on any atom is 0.192 e. The monoisotopic (exact) mass is 309 g/mol. The maximum absolute atomic E-state index is 11.7. The Kier molecular flexibility index (Phi) is 4.84. The zero-order valence-electron chi connectivity index (χ0n) is 14.1. The SMILES string of the molecule is Cc1cccc(-c2cccc(C(C)(C=O)N=C(N)N(C)C)c2)c1. The van der Waals surface area contributed by atoms with E-state index in [2.05, 4.69) is 30.1 Å². The number of benzene rings is 2. The molecule has 120 valence electrons. The molecule has 0 aliphatic carbocycles. The number of hydrogen-bond donors (Lipinski definition) is 1. The third kappa shape index (κ3) is 3.77. The second-order valence-corrected chi connectivity index (χ2v) is 6.08. The Bertz CT molecular complexity index is 737. The molecular weight excluding hydrogens is 286 g/mol. The van der Waals surface area contributed by atoms with Crippen LogP contribution in [-0.2, 0) is 10.3 Å². The molecule has 0 aliphatic heterocycles. The zero-order valence-corrected chi connectivity index (χ0v) is 14.1. The fraction of sp³-hybridized carbons (Fsp3) is 0.263. The molecule has 0 radical (unpaired) electrons. The van der Waals surface area contributed by atoms with Crippen LogP contribution in [0.4, 0.5) is 0 Å². The predicted molar refractivity (Wildman–Crippen MR) is 95.3 cm³/mol. The Balaban J connectivity index is 2.49. The van der Waals surface area contributed by atoms with E-state index in [9.17, 15) is 4.79 Å². The summed E-state index contributed by atoms with van der Waals surface area (Å²) in [4.78, 5) is 17.8. The Hall–Kier alpha value is -2.62. The van der Waals surface area contributed by atoms with Crippen molar-refractivity contribution in [1.29, 1.82) is 0 Å². The van der Waals surface area contributed by atoms with Crippen LogP contribution in [-0.4, -0.2) is 31.2 Å². The third-order valence-corrected chi connectivity index (χ3v) is 3.83. The molecule has 2 aromatic rings. The van der Waals surface area contributed by atoms with Crippen molar-refractivity contribution in [1.82, 2.24) is 4.90 Å². The predicted octanol–water partition coefficient (Wildman–Crippen LogP) is 2.95. The van der Waals surface area contributed by atoms with Crippen molar-refractivity contribution in [3.05, 3.63) is 59.7 Å². The van der Waals surface area contributed by atoms with Gasteiger partial charge < -0.3 is 15.4 Å². The highest BCUT2D eigenvalue weighted by Gasteiger charge is 2.26. The third-order valence-electron chi connectivity index (χ3n) is 3.83. The molecule has 0 fully saturated rings. The van der Waals surface area contributed by atoms with E-state index in [1.807, 2.05) is 30.3 Å². The summed E-state index contributed by atoms with van der Waals surface area (Å²) < 4.78 is 0. The molecule has 2 aromatic carbocycles. The number of hydrogen-bond acceptors (Lipinski definition) is 2. The second kappa shape index (κ2) is 6.65. The molecule has 23 heavy (non-hydrogen) atoms. The number of aryl methyl sites for hydroxylation is 1. The van der Waals surface area contributed by atoms with Crippen LogP contribution in [0.2, 0.25) is 0 Å². The minimum atomic E-state index is -1.01. The quantitative estimate of drug-likeness (QED) is 0.536. The number of aliphatic imine (C=N–C) groups is 1. The number of aldehydes is 1. The van der Waals surface area contributed by atoms with Crippen LogP contribution in [0.1, 0.15) is 18.1 Å². The summed E-state index contributed by atoms with van der Waals surface area (Å²) in [6.45, 7) is 3.83. The molecule has 1 atom stereocenters. The molecule has 2 N–H and O–H groups in total. The summed E-state index contributed by atoms with van der Waals surface area (Å²) in [7, 11) is 3.60. The van der Waals surface area contributed by atoms with Crippen LogP contribution in [0.5, 0.6) is 0 Å².